The summed E-state index contributed by atoms with van der Waals surface area (Å²) < 4.78 is 0. The molecule has 0 saturated heterocycles. The van der Waals surface area contributed by atoms with Crippen molar-refractivity contribution in [3.63, 3.8) is 0 Å². The molecule has 0 amide bonds. The zero-order valence-corrected chi connectivity index (χ0v) is 9.78. The van der Waals surface area contributed by atoms with Crippen molar-refractivity contribution in [3.8, 4) is 0 Å². The first kappa shape index (κ1) is 12.0. The van der Waals surface area contributed by atoms with E-state index in [1.807, 2.05) is 19.1 Å². The van der Waals surface area contributed by atoms with Gasteiger partial charge < -0.3 is 15.4 Å². The number of aromatic nitrogens is 2. The summed E-state index contributed by atoms with van der Waals surface area (Å²) in [5.74, 6) is -0.158. The lowest BCUT2D eigenvalue weighted by molar-refractivity contribution is -0.389. The number of anilines is 1. The lowest BCUT2D eigenvalue weighted by atomic mass is 10.1. The van der Waals surface area contributed by atoms with Crippen molar-refractivity contribution >= 4 is 11.5 Å². The normalized spacial score (nSPS) is 11.8. The maximum absolute atomic E-state index is 10.5. The largest absolute Gasteiger partial charge is 0.375 e. The van der Waals surface area contributed by atoms with Crippen molar-refractivity contribution in [1.29, 1.82) is 0 Å². The molecule has 0 aliphatic heterocycles. The average molecular weight is 244 g/mol. The van der Waals surface area contributed by atoms with E-state index in [1.54, 1.807) is 18.5 Å². The summed E-state index contributed by atoms with van der Waals surface area (Å²) in [6.45, 7) is 1.98. The van der Waals surface area contributed by atoms with E-state index in [2.05, 4.69) is 15.3 Å². The van der Waals surface area contributed by atoms with Gasteiger partial charge in [0, 0.05) is 18.5 Å². The van der Waals surface area contributed by atoms with Crippen LogP contribution in [0.5, 0.6) is 0 Å². The van der Waals surface area contributed by atoms with Crippen molar-refractivity contribution in [3.05, 3.63) is 58.5 Å². The second-order valence-electron chi connectivity index (χ2n) is 3.81. The van der Waals surface area contributed by atoms with E-state index >= 15 is 0 Å². The van der Waals surface area contributed by atoms with E-state index in [4.69, 9.17) is 0 Å². The molecule has 0 spiro atoms. The molecule has 92 valence electrons. The highest BCUT2D eigenvalue weighted by Gasteiger charge is 2.09. The fraction of sp³-hybridized carbons (Fsp3) is 0.167. The number of nitrogens with one attached hydrogen (secondary N) is 1. The number of hydrogen-bond acceptors (Lipinski definition) is 5. The quantitative estimate of drug-likeness (QED) is 0.660. The third-order valence-electron chi connectivity index (χ3n) is 2.50. The third-order valence-corrected chi connectivity index (χ3v) is 2.50. The fourth-order valence-electron chi connectivity index (χ4n) is 1.54. The van der Waals surface area contributed by atoms with Gasteiger partial charge in [0.05, 0.1) is 11.7 Å². The zero-order chi connectivity index (χ0) is 13.0. The van der Waals surface area contributed by atoms with Crippen LogP contribution in [0, 0.1) is 10.1 Å². The van der Waals surface area contributed by atoms with Gasteiger partial charge in [-0.1, -0.05) is 6.07 Å². The molecule has 1 unspecified atom stereocenters. The third kappa shape index (κ3) is 2.79. The van der Waals surface area contributed by atoms with Gasteiger partial charge in [0.25, 0.3) is 0 Å². The molecule has 1 N–H and O–H groups in total. The molecular formula is C12H12N4O2. The van der Waals surface area contributed by atoms with Crippen LogP contribution in [0.2, 0.25) is 0 Å². The molecule has 0 aliphatic rings. The van der Waals surface area contributed by atoms with Gasteiger partial charge >= 0.3 is 5.82 Å². The summed E-state index contributed by atoms with van der Waals surface area (Å²) in [5.41, 5.74) is 1.77. The van der Waals surface area contributed by atoms with Crippen molar-refractivity contribution in [2.75, 3.05) is 5.32 Å². The molecular weight excluding hydrogens is 232 g/mol. The smallest absolute Gasteiger partial charge is 0.363 e. The SMILES string of the molecule is CC(Nc1ccc([N+](=O)[O-])nc1)c1cccnc1. The van der Waals surface area contributed by atoms with Crippen LogP contribution < -0.4 is 5.32 Å². The van der Waals surface area contributed by atoms with Crippen LogP contribution in [0.4, 0.5) is 11.5 Å². The molecule has 0 aromatic carbocycles. The Balaban J connectivity index is 2.08. The Morgan fingerprint density at radius 2 is 2.17 bits per heavy atom. The summed E-state index contributed by atoms with van der Waals surface area (Å²) in [5, 5.41) is 13.7. The summed E-state index contributed by atoms with van der Waals surface area (Å²) in [6, 6.07) is 6.89. The van der Waals surface area contributed by atoms with E-state index in [0.717, 1.165) is 11.3 Å². The fourth-order valence-corrected chi connectivity index (χ4v) is 1.54. The Morgan fingerprint density at radius 1 is 1.33 bits per heavy atom. The molecule has 0 fully saturated rings. The summed E-state index contributed by atoms with van der Waals surface area (Å²) in [6.07, 6.45) is 4.94. The van der Waals surface area contributed by atoms with Gasteiger partial charge in [0.2, 0.25) is 0 Å². The topological polar surface area (TPSA) is 81.0 Å². The van der Waals surface area contributed by atoms with Gasteiger partial charge in [-0.15, -0.1) is 0 Å². The summed E-state index contributed by atoms with van der Waals surface area (Å²) in [4.78, 5) is 17.7. The minimum atomic E-state index is -0.520. The summed E-state index contributed by atoms with van der Waals surface area (Å²) >= 11 is 0. The first-order chi connectivity index (χ1) is 8.66. The van der Waals surface area contributed by atoms with E-state index in [-0.39, 0.29) is 11.9 Å². The molecule has 2 aromatic heterocycles. The molecule has 18 heavy (non-hydrogen) atoms. The van der Waals surface area contributed by atoms with Crippen LogP contribution in [0.1, 0.15) is 18.5 Å². The van der Waals surface area contributed by atoms with Crippen LogP contribution in [0.25, 0.3) is 0 Å². The predicted octanol–water partition coefficient (Wildman–Crippen LogP) is 2.56. The first-order valence-electron chi connectivity index (χ1n) is 5.44. The highest BCUT2D eigenvalue weighted by molar-refractivity contribution is 5.45. The van der Waals surface area contributed by atoms with Crippen molar-refractivity contribution in [1.82, 2.24) is 9.97 Å². The number of nitrogens with zero attached hydrogens (tertiary/aromatic N) is 3. The van der Waals surface area contributed by atoms with Gasteiger partial charge in [-0.3, -0.25) is 4.98 Å². The number of hydrogen-bond donors (Lipinski definition) is 1. The standard InChI is InChI=1S/C12H12N4O2/c1-9(10-3-2-6-13-7-10)15-11-4-5-12(14-8-11)16(17)18/h2-9,15H,1H3. The Bertz CT molecular complexity index is 528. The van der Waals surface area contributed by atoms with Gasteiger partial charge in [0.1, 0.15) is 0 Å². The molecule has 6 heteroatoms. The van der Waals surface area contributed by atoms with Crippen molar-refractivity contribution in [2.24, 2.45) is 0 Å². The number of rotatable bonds is 4. The van der Waals surface area contributed by atoms with Crippen molar-refractivity contribution < 1.29 is 4.92 Å². The molecule has 6 nitrogen and oxygen atoms in total. The van der Waals surface area contributed by atoms with Gasteiger partial charge in [0.15, 0.2) is 6.20 Å². The van der Waals surface area contributed by atoms with Gasteiger partial charge in [-0.05, 0) is 34.5 Å². The lowest BCUT2D eigenvalue weighted by Gasteiger charge is -2.13. The highest BCUT2D eigenvalue weighted by atomic mass is 16.6. The van der Waals surface area contributed by atoms with Crippen molar-refractivity contribution in [2.45, 2.75) is 13.0 Å². The first-order valence-corrected chi connectivity index (χ1v) is 5.44. The molecule has 0 saturated carbocycles. The second-order valence-corrected chi connectivity index (χ2v) is 3.81. The zero-order valence-electron chi connectivity index (χ0n) is 9.78. The van der Waals surface area contributed by atoms with Crippen LogP contribution in [-0.2, 0) is 0 Å². The van der Waals surface area contributed by atoms with Crippen LogP contribution in [0.3, 0.4) is 0 Å². The number of pyridine rings is 2. The summed E-state index contributed by atoms with van der Waals surface area (Å²) in [7, 11) is 0. The van der Waals surface area contributed by atoms with E-state index in [1.165, 1.54) is 12.3 Å². The Morgan fingerprint density at radius 3 is 2.72 bits per heavy atom. The highest BCUT2D eigenvalue weighted by Crippen LogP contribution is 2.18. The van der Waals surface area contributed by atoms with Crippen LogP contribution >= 0.6 is 0 Å². The Hall–Kier alpha value is -2.50. The lowest BCUT2D eigenvalue weighted by Crippen LogP contribution is -2.07. The monoisotopic (exact) mass is 244 g/mol. The number of nitro groups is 1. The second kappa shape index (κ2) is 5.22. The Kier molecular flexibility index (Phi) is 3.47. The maximum atomic E-state index is 10.5. The Labute approximate surface area is 104 Å². The molecule has 0 aliphatic carbocycles. The minimum absolute atomic E-state index is 0.0574. The van der Waals surface area contributed by atoms with E-state index in [9.17, 15) is 10.1 Å². The van der Waals surface area contributed by atoms with Gasteiger partial charge in [-0.25, -0.2) is 0 Å². The predicted molar refractivity (Wildman–Crippen MR) is 67.2 cm³/mol. The minimum Gasteiger partial charge on any atom is -0.375 e. The maximum Gasteiger partial charge on any atom is 0.363 e. The molecule has 2 heterocycles. The molecule has 2 rings (SSSR count). The van der Waals surface area contributed by atoms with Gasteiger partial charge in [-0.2, -0.15) is 0 Å². The molecule has 1 atom stereocenters. The molecule has 0 radical (unpaired) electrons. The molecule has 0 bridgehead atoms. The average Bonchev–Trinajstić information content (AvgIpc) is 2.40. The van der Waals surface area contributed by atoms with Crippen LogP contribution in [0.15, 0.2) is 42.9 Å². The molecule has 2 aromatic rings. The van der Waals surface area contributed by atoms with Crippen LogP contribution in [-0.4, -0.2) is 14.9 Å². The van der Waals surface area contributed by atoms with E-state index < -0.39 is 4.92 Å². The van der Waals surface area contributed by atoms with E-state index in [0.29, 0.717) is 0 Å².